The molecule has 0 saturated carbocycles. The molecule has 0 aliphatic carbocycles. The Balaban J connectivity index is 1.64. The van der Waals surface area contributed by atoms with Crippen molar-refractivity contribution in [1.82, 2.24) is 4.90 Å². The number of rotatable bonds is 4. The molecule has 1 aliphatic heterocycles. The van der Waals surface area contributed by atoms with Crippen LogP contribution in [0, 0.1) is 5.92 Å². The fourth-order valence-corrected chi connectivity index (χ4v) is 3.55. The Morgan fingerprint density at radius 1 is 1.16 bits per heavy atom. The minimum absolute atomic E-state index is 0.121. The van der Waals surface area contributed by atoms with Gasteiger partial charge in [0.25, 0.3) is 0 Å². The molecule has 4 nitrogen and oxygen atoms in total. The summed E-state index contributed by atoms with van der Waals surface area (Å²) in [5.74, 6) is 0.287. The number of aliphatic hydroxyl groups is 1. The summed E-state index contributed by atoms with van der Waals surface area (Å²) in [6.45, 7) is 1.60. The fourth-order valence-electron chi connectivity index (χ4n) is 3.28. The lowest BCUT2D eigenvalue weighted by Gasteiger charge is -2.37. The zero-order valence-electron chi connectivity index (χ0n) is 14.0. The number of carbonyl (C=O) groups is 1. The van der Waals surface area contributed by atoms with Crippen molar-refractivity contribution in [3.8, 4) is 0 Å². The third-order valence-electron chi connectivity index (χ3n) is 4.75. The summed E-state index contributed by atoms with van der Waals surface area (Å²) in [5.41, 5.74) is 2.12. The second-order valence-electron chi connectivity index (χ2n) is 6.38. The Labute approximate surface area is 156 Å². The molecule has 1 heterocycles. The van der Waals surface area contributed by atoms with Crippen LogP contribution in [0.1, 0.15) is 23.5 Å². The van der Waals surface area contributed by atoms with Crippen LogP contribution in [0.3, 0.4) is 0 Å². The highest BCUT2D eigenvalue weighted by Crippen LogP contribution is 2.33. The molecule has 25 heavy (non-hydrogen) atoms. The Morgan fingerprint density at radius 2 is 1.88 bits per heavy atom. The van der Waals surface area contributed by atoms with Gasteiger partial charge in [0.2, 0.25) is 0 Å². The van der Waals surface area contributed by atoms with Gasteiger partial charge in [0.15, 0.2) is 0 Å². The van der Waals surface area contributed by atoms with Gasteiger partial charge in [-0.2, -0.15) is 0 Å². The van der Waals surface area contributed by atoms with Crippen LogP contribution in [0.4, 0.5) is 4.79 Å². The van der Waals surface area contributed by atoms with E-state index in [0.717, 1.165) is 22.0 Å². The molecule has 132 valence electrons. The summed E-state index contributed by atoms with van der Waals surface area (Å²) in [6, 6.07) is 17.8. The van der Waals surface area contributed by atoms with Gasteiger partial charge in [-0.15, -0.1) is 0 Å². The number of piperidine rings is 1. The third kappa shape index (κ3) is 4.61. The van der Waals surface area contributed by atoms with E-state index in [4.69, 9.17) is 4.74 Å². The van der Waals surface area contributed by atoms with Gasteiger partial charge >= 0.3 is 6.09 Å². The molecule has 0 bridgehead atoms. The summed E-state index contributed by atoms with van der Waals surface area (Å²) in [6.07, 6.45) is 0.486. The molecule has 0 radical (unpaired) electrons. The quantitative estimate of drug-likeness (QED) is 0.832. The molecule has 1 fully saturated rings. The highest BCUT2D eigenvalue weighted by molar-refractivity contribution is 9.10. The molecule has 3 rings (SSSR count). The molecule has 0 aromatic heterocycles. The Hall–Kier alpha value is -1.85. The number of ether oxygens (including phenoxy) is 1. The number of carbonyl (C=O) groups excluding carboxylic acids is 1. The predicted molar refractivity (Wildman–Crippen MR) is 100 cm³/mol. The standard InChI is InChI=1S/C20H22BrNO3/c21-18-8-6-16(7-9-18)19-12-22(11-10-17(19)13-23)20(24)25-14-15-4-2-1-3-5-15/h1-9,17,19,23H,10-14H2/t17-,19-/m0/s1. The number of hydrogen-bond donors (Lipinski definition) is 1. The minimum Gasteiger partial charge on any atom is -0.445 e. The Morgan fingerprint density at radius 3 is 2.56 bits per heavy atom. The molecule has 2 atom stereocenters. The first kappa shape index (κ1) is 18.0. The lowest BCUT2D eigenvalue weighted by atomic mass is 9.81. The van der Waals surface area contributed by atoms with E-state index in [1.165, 1.54) is 0 Å². The van der Waals surface area contributed by atoms with Gasteiger partial charge < -0.3 is 14.7 Å². The van der Waals surface area contributed by atoms with E-state index in [1.807, 2.05) is 42.5 Å². The first-order valence-electron chi connectivity index (χ1n) is 8.49. The van der Waals surface area contributed by atoms with Crippen molar-refractivity contribution in [2.24, 2.45) is 5.92 Å². The van der Waals surface area contributed by atoms with Crippen LogP contribution in [-0.2, 0) is 11.3 Å². The van der Waals surface area contributed by atoms with E-state index in [-0.39, 0.29) is 31.1 Å². The van der Waals surface area contributed by atoms with Crippen LogP contribution >= 0.6 is 15.9 Å². The normalized spacial score (nSPS) is 20.3. The van der Waals surface area contributed by atoms with Crippen molar-refractivity contribution in [3.05, 3.63) is 70.2 Å². The third-order valence-corrected chi connectivity index (χ3v) is 5.28. The van der Waals surface area contributed by atoms with Crippen LogP contribution < -0.4 is 0 Å². The summed E-state index contributed by atoms with van der Waals surface area (Å²) in [4.78, 5) is 14.2. The SMILES string of the molecule is O=C(OCc1ccccc1)N1CC[C@@H](CO)[C@H](c2ccc(Br)cc2)C1. The molecule has 5 heteroatoms. The van der Waals surface area contributed by atoms with Crippen molar-refractivity contribution in [2.75, 3.05) is 19.7 Å². The Bertz CT molecular complexity index is 690. The molecule has 0 spiro atoms. The number of benzene rings is 2. The van der Waals surface area contributed by atoms with Gasteiger partial charge in [-0.3, -0.25) is 0 Å². The molecule has 0 unspecified atom stereocenters. The van der Waals surface area contributed by atoms with Crippen molar-refractivity contribution >= 4 is 22.0 Å². The topological polar surface area (TPSA) is 49.8 Å². The molecule has 1 N–H and O–H groups in total. The van der Waals surface area contributed by atoms with E-state index in [2.05, 4.69) is 28.1 Å². The highest BCUT2D eigenvalue weighted by atomic mass is 79.9. The number of amides is 1. The van der Waals surface area contributed by atoms with E-state index < -0.39 is 0 Å². The lowest BCUT2D eigenvalue weighted by Crippen LogP contribution is -2.43. The number of hydrogen-bond acceptors (Lipinski definition) is 3. The van der Waals surface area contributed by atoms with Crippen molar-refractivity contribution in [1.29, 1.82) is 0 Å². The van der Waals surface area contributed by atoms with Gasteiger partial charge in [-0.1, -0.05) is 58.4 Å². The summed E-state index contributed by atoms with van der Waals surface area (Å²) >= 11 is 3.45. The second-order valence-corrected chi connectivity index (χ2v) is 7.29. The Kier molecular flexibility index (Phi) is 6.10. The van der Waals surface area contributed by atoms with Gasteiger partial charge in [-0.25, -0.2) is 4.79 Å². The fraction of sp³-hybridized carbons (Fsp3) is 0.350. The number of halogens is 1. The van der Waals surface area contributed by atoms with E-state index >= 15 is 0 Å². The van der Waals surface area contributed by atoms with E-state index in [1.54, 1.807) is 4.90 Å². The van der Waals surface area contributed by atoms with Crippen molar-refractivity contribution in [3.63, 3.8) is 0 Å². The largest absolute Gasteiger partial charge is 0.445 e. The summed E-state index contributed by atoms with van der Waals surface area (Å²) in [5, 5.41) is 9.71. The number of aliphatic hydroxyl groups excluding tert-OH is 1. The van der Waals surface area contributed by atoms with Crippen LogP contribution in [0.25, 0.3) is 0 Å². The smallest absolute Gasteiger partial charge is 0.410 e. The molecule has 1 amide bonds. The maximum absolute atomic E-state index is 12.4. The number of likely N-dealkylation sites (tertiary alicyclic amines) is 1. The van der Waals surface area contributed by atoms with Crippen LogP contribution in [-0.4, -0.2) is 35.8 Å². The molecule has 1 aliphatic rings. The maximum Gasteiger partial charge on any atom is 0.410 e. The zero-order valence-corrected chi connectivity index (χ0v) is 15.6. The molecule has 1 saturated heterocycles. The first-order chi connectivity index (χ1) is 12.2. The monoisotopic (exact) mass is 403 g/mol. The van der Waals surface area contributed by atoms with Crippen LogP contribution in [0.5, 0.6) is 0 Å². The van der Waals surface area contributed by atoms with Crippen LogP contribution in [0.15, 0.2) is 59.1 Å². The molecule has 2 aromatic rings. The summed E-state index contributed by atoms with van der Waals surface area (Å²) in [7, 11) is 0. The predicted octanol–water partition coefficient (Wildman–Crippen LogP) is 4.18. The lowest BCUT2D eigenvalue weighted by molar-refractivity contribution is 0.0654. The van der Waals surface area contributed by atoms with Gasteiger partial charge in [0.1, 0.15) is 6.61 Å². The summed E-state index contributed by atoms with van der Waals surface area (Å²) < 4.78 is 6.48. The van der Waals surface area contributed by atoms with Gasteiger partial charge in [0.05, 0.1) is 0 Å². The average Bonchev–Trinajstić information content (AvgIpc) is 2.67. The van der Waals surface area contributed by atoms with Crippen molar-refractivity contribution in [2.45, 2.75) is 18.9 Å². The molecular formula is C20H22BrNO3. The second kappa shape index (κ2) is 8.50. The number of nitrogens with zero attached hydrogens (tertiary/aromatic N) is 1. The maximum atomic E-state index is 12.4. The average molecular weight is 404 g/mol. The van der Waals surface area contributed by atoms with Gasteiger partial charge in [-0.05, 0) is 35.6 Å². The van der Waals surface area contributed by atoms with Crippen molar-refractivity contribution < 1.29 is 14.6 Å². The van der Waals surface area contributed by atoms with E-state index in [9.17, 15) is 9.90 Å². The molecular weight excluding hydrogens is 382 g/mol. The van der Waals surface area contributed by atoms with E-state index in [0.29, 0.717) is 13.1 Å². The minimum atomic E-state index is -0.289. The van der Waals surface area contributed by atoms with Crippen LogP contribution in [0.2, 0.25) is 0 Å². The highest BCUT2D eigenvalue weighted by Gasteiger charge is 2.32. The zero-order chi connectivity index (χ0) is 17.6. The molecule has 2 aromatic carbocycles. The first-order valence-corrected chi connectivity index (χ1v) is 9.28. The van der Waals surface area contributed by atoms with Gasteiger partial charge in [0, 0.05) is 30.1 Å².